The highest BCUT2D eigenvalue weighted by atomic mass is 32.2. The van der Waals surface area contributed by atoms with Crippen LogP contribution < -0.4 is 4.74 Å². The maximum atomic E-state index is 13.4. The van der Waals surface area contributed by atoms with Crippen molar-refractivity contribution in [3.63, 3.8) is 0 Å². The molecule has 1 fully saturated rings. The molecule has 0 N–H and O–H groups in total. The van der Waals surface area contributed by atoms with Crippen molar-refractivity contribution in [3.8, 4) is 5.75 Å². The Labute approximate surface area is 240 Å². The van der Waals surface area contributed by atoms with Crippen LogP contribution in [0.15, 0.2) is 71.0 Å². The number of fused-ring (bicyclic) bond motifs is 1. The number of rotatable bonds is 14. The summed E-state index contributed by atoms with van der Waals surface area (Å²) in [4.78, 5) is 42.6. The highest BCUT2D eigenvalue weighted by Gasteiger charge is 2.56. The zero-order valence-electron chi connectivity index (χ0n) is 22.5. The Balaban J connectivity index is 1.54. The zero-order valence-corrected chi connectivity index (χ0v) is 24.2. The van der Waals surface area contributed by atoms with Crippen LogP contribution in [0.5, 0.6) is 5.75 Å². The number of β-lactam (4-membered cyclic amide) rings is 1. The summed E-state index contributed by atoms with van der Waals surface area (Å²) in [5, 5.41) is 10.9. The van der Waals surface area contributed by atoms with E-state index < -0.39 is 36.0 Å². The summed E-state index contributed by atoms with van der Waals surface area (Å²) in [6.45, 7) is 4.45. The van der Waals surface area contributed by atoms with Gasteiger partial charge in [-0.2, -0.15) is 0 Å². The van der Waals surface area contributed by atoms with E-state index in [0.29, 0.717) is 16.4 Å². The summed E-state index contributed by atoms with van der Waals surface area (Å²) in [6.07, 6.45) is 0. The smallest absolute Gasteiger partial charge is 0.487 e. The average molecular weight is 606 g/mol. The van der Waals surface area contributed by atoms with Crippen LogP contribution in [0.2, 0.25) is 0 Å². The van der Waals surface area contributed by atoms with E-state index >= 15 is 0 Å². The second-order valence-electron chi connectivity index (χ2n) is 8.56. The van der Waals surface area contributed by atoms with Crippen molar-refractivity contribution >= 4 is 42.2 Å². The molecule has 13 nitrogen and oxygen atoms in total. The SMILES string of the molecule is CCOP(=O)(OCC)OC(C)=C(C(=O)OCc1ccc([N+](=O)[O-])cc1)N1C(=O)C2N=C(COc3ccccc3)SC21. The van der Waals surface area contributed by atoms with Crippen LogP contribution in [0.25, 0.3) is 0 Å². The predicted octanol–water partition coefficient (Wildman–Crippen LogP) is 4.83. The number of carbonyl (C=O) groups is 2. The number of nitro benzene ring substituents is 1. The van der Waals surface area contributed by atoms with E-state index in [9.17, 15) is 24.3 Å². The third-order valence-corrected chi connectivity index (χ3v) is 8.62. The molecule has 218 valence electrons. The number of likely N-dealkylation sites (tertiary alicyclic amines) is 1. The number of non-ortho nitro benzene ring substituents is 1. The number of esters is 1. The van der Waals surface area contributed by atoms with Gasteiger partial charge in [0, 0.05) is 12.1 Å². The first-order valence-electron chi connectivity index (χ1n) is 12.6. The van der Waals surface area contributed by atoms with Crippen LogP contribution in [-0.4, -0.2) is 58.0 Å². The molecule has 0 bridgehead atoms. The van der Waals surface area contributed by atoms with Crippen LogP contribution in [0.3, 0.4) is 0 Å². The Kier molecular flexibility index (Phi) is 9.81. The lowest BCUT2D eigenvalue weighted by molar-refractivity contribution is -0.384. The van der Waals surface area contributed by atoms with Gasteiger partial charge in [0.2, 0.25) is 0 Å². The molecular formula is C26H28N3O10PS. The quantitative estimate of drug-likeness (QED) is 0.0553. The fraction of sp³-hybridized carbons (Fsp3) is 0.346. The number of allylic oxidation sites excluding steroid dienone is 1. The van der Waals surface area contributed by atoms with Gasteiger partial charge in [0.05, 0.1) is 18.1 Å². The molecular weight excluding hydrogens is 577 g/mol. The summed E-state index contributed by atoms with van der Waals surface area (Å²) < 4.78 is 40.2. The lowest BCUT2D eigenvalue weighted by atomic mass is 10.1. The maximum absolute atomic E-state index is 13.4. The second-order valence-corrected chi connectivity index (χ2v) is 11.3. The van der Waals surface area contributed by atoms with Crippen LogP contribution in [-0.2, 0) is 39.1 Å². The van der Waals surface area contributed by atoms with Gasteiger partial charge in [0.25, 0.3) is 11.6 Å². The van der Waals surface area contributed by atoms with Crippen molar-refractivity contribution < 1.29 is 42.1 Å². The van der Waals surface area contributed by atoms with Gasteiger partial charge in [-0.25, -0.2) is 9.36 Å². The molecule has 0 radical (unpaired) electrons. The molecule has 2 aliphatic rings. The summed E-state index contributed by atoms with van der Waals surface area (Å²) >= 11 is 1.25. The first kappa shape index (κ1) is 30.3. The molecule has 0 aliphatic carbocycles. The monoisotopic (exact) mass is 605 g/mol. The molecule has 4 rings (SSSR count). The molecule has 15 heteroatoms. The van der Waals surface area contributed by atoms with E-state index in [-0.39, 0.29) is 43.6 Å². The van der Waals surface area contributed by atoms with Crippen molar-refractivity contribution in [2.75, 3.05) is 19.8 Å². The van der Waals surface area contributed by atoms with E-state index in [1.807, 2.05) is 18.2 Å². The Hall–Kier alpha value is -3.71. The third-order valence-electron chi connectivity index (χ3n) is 5.77. The van der Waals surface area contributed by atoms with E-state index in [4.69, 9.17) is 23.0 Å². The average Bonchev–Trinajstić information content (AvgIpc) is 3.33. The number of nitro groups is 1. The molecule has 2 aromatic carbocycles. The number of ether oxygens (including phenoxy) is 2. The highest BCUT2D eigenvalue weighted by molar-refractivity contribution is 8.15. The minimum atomic E-state index is -4.11. The van der Waals surface area contributed by atoms with Crippen LogP contribution in [0, 0.1) is 10.1 Å². The lowest BCUT2D eigenvalue weighted by Crippen LogP contribution is -2.61. The Morgan fingerprint density at radius 2 is 1.73 bits per heavy atom. The number of hydrogen-bond acceptors (Lipinski definition) is 12. The molecule has 0 saturated carbocycles. The summed E-state index contributed by atoms with van der Waals surface area (Å²) in [7, 11) is -4.11. The van der Waals surface area contributed by atoms with Gasteiger partial charge < -0.3 is 14.0 Å². The molecule has 2 heterocycles. The number of benzene rings is 2. The van der Waals surface area contributed by atoms with Gasteiger partial charge in [-0.3, -0.25) is 33.8 Å². The van der Waals surface area contributed by atoms with Gasteiger partial charge in [0.15, 0.2) is 11.7 Å². The van der Waals surface area contributed by atoms with Gasteiger partial charge in [-0.1, -0.05) is 30.0 Å². The summed E-state index contributed by atoms with van der Waals surface area (Å²) in [6, 6.07) is 13.8. The minimum absolute atomic E-state index is 0.00624. The Morgan fingerprint density at radius 3 is 2.34 bits per heavy atom. The van der Waals surface area contributed by atoms with Crippen molar-refractivity contribution in [3.05, 3.63) is 81.7 Å². The molecule has 1 saturated heterocycles. The number of carbonyl (C=O) groups excluding carboxylic acids is 2. The molecule has 2 aromatic rings. The number of amides is 1. The first-order chi connectivity index (χ1) is 19.7. The molecule has 2 unspecified atom stereocenters. The number of nitrogens with zero attached hydrogens (tertiary/aromatic N) is 3. The van der Waals surface area contributed by atoms with Crippen molar-refractivity contribution in [2.45, 2.75) is 38.8 Å². The van der Waals surface area contributed by atoms with Crippen molar-refractivity contribution in [1.29, 1.82) is 0 Å². The van der Waals surface area contributed by atoms with Crippen LogP contribution >= 0.6 is 19.6 Å². The zero-order chi connectivity index (χ0) is 29.6. The third kappa shape index (κ3) is 7.14. The normalized spacial score (nSPS) is 18.6. The highest BCUT2D eigenvalue weighted by Crippen LogP contribution is 2.52. The molecule has 2 aliphatic heterocycles. The van der Waals surface area contributed by atoms with E-state index in [2.05, 4.69) is 4.99 Å². The number of phosphoric ester groups is 1. The van der Waals surface area contributed by atoms with Crippen molar-refractivity contribution in [1.82, 2.24) is 4.90 Å². The van der Waals surface area contributed by atoms with Gasteiger partial charge >= 0.3 is 13.8 Å². The predicted molar refractivity (Wildman–Crippen MR) is 149 cm³/mol. The second kappa shape index (κ2) is 13.3. The first-order valence-corrected chi connectivity index (χ1v) is 14.9. The fourth-order valence-corrected chi connectivity index (χ4v) is 6.38. The number of thioether (sulfide) groups is 1. The Bertz CT molecular complexity index is 1390. The number of phosphoric acid groups is 1. The topological polar surface area (TPSA) is 156 Å². The van der Waals surface area contributed by atoms with E-state index in [1.54, 1.807) is 26.0 Å². The molecule has 0 spiro atoms. The number of hydrogen-bond donors (Lipinski definition) is 0. The van der Waals surface area contributed by atoms with E-state index in [1.165, 1.54) is 47.9 Å². The molecule has 1 amide bonds. The lowest BCUT2D eigenvalue weighted by Gasteiger charge is -2.41. The standard InChI is InChI=1S/C26H28N3O10PS/c1-4-37-40(34,38-5-2)39-17(3)23(26(31)36-15-18-11-13-19(14-12-18)29(32)33)28-24(30)22-25(28)41-21(27-22)16-35-20-9-7-6-8-10-20/h6-14,22,25H,4-5,15-16H2,1-3H3. The molecule has 2 atom stereocenters. The minimum Gasteiger partial charge on any atom is -0.487 e. The molecule has 41 heavy (non-hydrogen) atoms. The van der Waals surface area contributed by atoms with Gasteiger partial charge in [-0.15, -0.1) is 0 Å². The number of aliphatic imine (C=N–C) groups is 1. The van der Waals surface area contributed by atoms with Crippen LogP contribution in [0.1, 0.15) is 26.3 Å². The number of para-hydroxylation sites is 1. The summed E-state index contributed by atoms with van der Waals surface area (Å²) in [5.41, 5.74) is 0.0728. The largest absolute Gasteiger partial charge is 0.529 e. The summed E-state index contributed by atoms with van der Waals surface area (Å²) in [5.74, 6) is -0.988. The van der Waals surface area contributed by atoms with Gasteiger partial charge in [-0.05, 0) is 50.6 Å². The van der Waals surface area contributed by atoms with E-state index in [0.717, 1.165) is 0 Å². The van der Waals surface area contributed by atoms with Crippen molar-refractivity contribution in [2.24, 2.45) is 4.99 Å². The fourth-order valence-electron chi connectivity index (χ4n) is 3.94. The molecule has 0 aromatic heterocycles. The van der Waals surface area contributed by atoms with Gasteiger partial charge in [0.1, 0.15) is 35.1 Å². The van der Waals surface area contributed by atoms with Crippen LogP contribution in [0.4, 0.5) is 5.69 Å². The Morgan fingerprint density at radius 1 is 1.07 bits per heavy atom. The maximum Gasteiger partial charge on any atom is 0.529 e.